The van der Waals surface area contributed by atoms with Gasteiger partial charge in [-0.25, -0.2) is 0 Å². The van der Waals surface area contributed by atoms with Gasteiger partial charge in [0.25, 0.3) is 0 Å². The molecule has 0 aromatic rings. The highest BCUT2D eigenvalue weighted by atomic mass is 35.5. The van der Waals surface area contributed by atoms with Gasteiger partial charge >= 0.3 is 0 Å². The Labute approximate surface area is 69.4 Å². The van der Waals surface area contributed by atoms with Gasteiger partial charge in [0.05, 0.1) is 24.7 Å². The lowest BCUT2D eigenvalue weighted by molar-refractivity contribution is -0.127. The highest BCUT2D eigenvalue weighted by molar-refractivity contribution is 6.21. The molecule has 0 aromatic heterocycles. The molecular weight excluding hydrogens is 172 g/mol. The first-order chi connectivity index (χ1) is 5.16. The number of hydrogen-bond donors (Lipinski definition) is 3. The summed E-state index contributed by atoms with van der Waals surface area (Å²) in [6.45, 7) is -0.215. The van der Waals surface area contributed by atoms with Crippen LogP contribution in [0.25, 0.3) is 0 Å². The zero-order chi connectivity index (χ0) is 8.43. The topological polar surface area (TPSA) is 69.9 Å². The Morgan fingerprint density at radius 3 is 2.64 bits per heavy atom. The van der Waals surface area contributed by atoms with Gasteiger partial charge in [-0.15, -0.1) is 11.6 Å². The number of aliphatic hydroxyl groups excluding tert-OH is 3. The van der Waals surface area contributed by atoms with Crippen molar-refractivity contribution < 1.29 is 20.1 Å². The molecule has 4 nitrogen and oxygen atoms in total. The molecule has 0 saturated carbocycles. The maximum Gasteiger partial charge on any atom is 0.105 e. The molecule has 0 aromatic carbocycles. The Morgan fingerprint density at radius 1 is 1.45 bits per heavy atom. The zero-order valence-electron chi connectivity index (χ0n) is 5.85. The number of aliphatic hydroxyl groups is 3. The molecule has 11 heavy (non-hydrogen) atoms. The van der Waals surface area contributed by atoms with Gasteiger partial charge in [-0.1, -0.05) is 0 Å². The molecule has 3 N–H and O–H groups in total. The molecule has 0 spiro atoms. The Hall–Kier alpha value is 0.130. The maximum atomic E-state index is 9.17. The molecule has 0 bridgehead atoms. The number of alkyl halides is 1. The first-order valence-electron chi connectivity index (χ1n) is 3.39. The fraction of sp³-hybridized carbons (Fsp3) is 1.00. The number of rotatable bonds is 1. The Bertz CT molecular complexity index is 130. The van der Waals surface area contributed by atoms with E-state index in [0.717, 1.165) is 0 Å². The first kappa shape index (κ1) is 9.22. The second-order valence-electron chi connectivity index (χ2n) is 2.56. The molecule has 0 radical (unpaired) electrons. The minimum absolute atomic E-state index is 0.0234. The highest BCUT2D eigenvalue weighted by Crippen LogP contribution is 2.19. The first-order valence-corrected chi connectivity index (χ1v) is 3.83. The minimum atomic E-state index is -1.01. The Morgan fingerprint density at radius 2 is 2.09 bits per heavy atom. The summed E-state index contributed by atoms with van der Waals surface area (Å²) in [6, 6.07) is 0. The van der Waals surface area contributed by atoms with E-state index in [1.165, 1.54) is 0 Å². The third-order valence-corrected chi connectivity index (χ3v) is 2.28. The van der Waals surface area contributed by atoms with Gasteiger partial charge in [-0.2, -0.15) is 0 Å². The fourth-order valence-electron chi connectivity index (χ4n) is 0.998. The van der Waals surface area contributed by atoms with Crippen molar-refractivity contribution in [1.82, 2.24) is 0 Å². The van der Waals surface area contributed by atoms with Crippen LogP contribution in [0.2, 0.25) is 0 Å². The van der Waals surface area contributed by atoms with E-state index in [1.54, 1.807) is 0 Å². The van der Waals surface area contributed by atoms with Crippen molar-refractivity contribution in [2.24, 2.45) is 0 Å². The van der Waals surface area contributed by atoms with Crippen molar-refractivity contribution in [1.29, 1.82) is 0 Å². The minimum Gasteiger partial charge on any atom is -0.394 e. The van der Waals surface area contributed by atoms with Gasteiger partial charge in [0, 0.05) is 0 Å². The molecule has 1 fully saturated rings. The van der Waals surface area contributed by atoms with Gasteiger partial charge in [0.15, 0.2) is 0 Å². The Balaban J connectivity index is 2.52. The van der Waals surface area contributed by atoms with Crippen LogP contribution in [-0.2, 0) is 4.74 Å². The van der Waals surface area contributed by atoms with E-state index >= 15 is 0 Å². The van der Waals surface area contributed by atoms with Crippen molar-refractivity contribution in [2.45, 2.75) is 23.7 Å². The zero-order valence-corrected chi connectivity index (χ0v) is 6.61. The summed E-state index contributed by atoms with van der Waals surface area (Å²) in [5.74, 6) is 0. The molecule has 1 aliphatic rings. The average molecular weight is 183 g/mol. The molecule has 0 unspecified atom stereocenters. The predicted molar refractivity (Wildman–Crippen MR) is 38.5 cm³/mol. The summed E-state index contributed by atoms with van der Waals surface area (Å²) >= 11 is 5.63. The van der Waals surface area contributed by atoms with E-state index in [2.05, 4.69) is 0 Å². The van der Waals surface area contributed by atoms with Gasteiger partial charge < -0.3 is 20.1 Å². The van der Waals surface area contributed by atoms with E-state index in [4.69, 9.17) is 26.6 Å². The van der Waals surface area contributed by atoms with Gasteiger partial charge in [0.1, 0.15) is 12.2 Å². The van der Waals surface area contributed by atoms with Crippen LogP contribution in [-0.4, -0.2) is 52.2 Å². The summed E-state index contributed by atoms with van der Waals surface area (Å²) in [5.41, 5.74) is 0. The van der Waals surface area contributed by atoms with Crippen LogP contribution in [0.4, 0.5) is 0 Å². The van der Waals surface area contributed by atoms with E-state index < -0.39 is 23.7 Å². The smallest absolute Gasteiger partial charge is 0.105 e. The molecule has 66 valence electrons. The van der Waals surface area contributed by atoms with E-state index in [0.29, 0.717) is 0 Å². The van der Waals surface area contributed by atoms with Crippen LogP contribution in [0.1, 0.15) is 0 Å². The van der Waals surface area contributed by atoms with Crippen LogP contribution in [0, 0.1) is 0 Å². The molecular formula is C6H11ClO4. The maximum absolute atomic E-state index is 9.17. The van der Waals surface area contributed by atoms with E-state index in [-0.39, 0.29) is 13.2 Å². The molecule has 0 amide bonds. The van der Waals surface area contributed by atoms with Gasteiger partial charge in [-0.3, -0.25) is 0 Å². The fourth-order valence-corrected chi connectivity index (χ4v) is 1.32. The van der Waals surface area contributed by atoms with Gasteiger partial charge in [0.2, 0.25) is 0 Å². The van der Waals surface area contributed by atoms with Crippen molar-refractivity contribution in [3.8, 4) is 0 Å². The largest absolute Gasteiger partial charge is 0.394 e. The Kier molecular flexibility index (Phi) is 3.09. The lowest BCUT2D eigenvalue weighted by atomic mass is 10.0. The van der Waals surface area contributed by atoms with E-state index in [9.17, 15) is 5.11 Å². The molecule has 4 atom stereocenters. The number of hydrogen-bond acceptors (Lipinski definition) is 4. The third-order valence-electron chi connectivity index (χ3n) is 1.74. The molecule has 1 saturated heterocycles. The summed E-state index contributed by atoms with van der Waals surface area (Å²) < 4.78 is 4.93. The summed E-state index contributed by atoms with van der Waals surface area (Å²) in [6.07, 6.45) is -2.53. The number of halogens is 1. The van der Waals surface area contributed by atoms with Crippen molar-refractivity contribution in [3.63, 3.8) is 0 Å². The van der Waals surface area contributed by atoms with Crippen LogP contribution in [0.3, 0.4) is 0 Å². The average Bonchev–Trinajstić information content (AvgIpc) is 2.01. The second kappa shape index (κ2) is 3.69. The highest BCUT2D eigenvalue weighted by Gasteiger charge is 2.36. The molecule has 1 aliphatic heterocycles. The third kappa shape index (κ3) is 1.83. The van der Waals surface area contributed by atoms with E-state index in [1.807, 2.05) is 0 Å². The summed E-state index contributed by atoms with van der Waals surface area (Å²) in [4.78, 5) is 0. The van der Waals surface area contributed by atoms with Crippen molar-refractivity contribution in [2.75, 3.05) is 13.2 Å². The summed E-state index contributed by atoms with van der Waals surface area (Å²) in [5, 5.41) is 26.1. The molecule has 5 heteroatoms. The quantitative estimate of drug-likeness (QED) is 0.442. The van der Waals surface area contributed by atoms with Crippen LogP contribution >= 0.6 is 11.6 Å². The predicted octanol–water partition coefficient (Wildman–Crippen LogP) is -1.29. The SMILES string of the molecule is OC[C@H]1OC[C@H](O)[C@@H](O)[C@@H]1Cl. The van der Waals surface area contributed by atoms with Crippen molar-refractivity contribution in [3.05, 3.63) is 0 Å². The standard InChI is InChI=1S/C6H11ClO4/c7-5-4(1-8)11-2-3(9)6(5)10/h3-6,8-10H,1-2H2/t3-,4+,5+,6+/m0/s1. The van der Waals surface area contributed by atoms with Crippen LogP contribution in [0.15, 0.2) is 0 Å². The number of ether oxygens (including phenoxy) is 1. The normalized spacial score (nSPS) is 45.8. The molecule has 1 heterocycles. The van der Waals surface area contributed by atoms with Gasteiger partial charge in [-0.05, 0) is 0 Å². The summed E-state index contributed by atoms with van der Waals surface area (Å²) in [7, 11) is 0. The lowest BCUT2D eigenvalue weighted by Gasteiger charge is -2.33. The van der Waals surface area contributed by atoms with Crippen LogP contribution in [0.5, 0.6) is 0 Å². The molecule has 1 rings (SSSR count). The second-order valence-corrected chi connectivity index (χ2v) is 3.06. The molecule has 0 aliphatic carbocycles. The van der Waals surface area contributed by atoms with Crippen LogP contribution < -0.4 is 0 Å². The lowest BCUT2D eigenvalue weighted by Crippen LogP contribution is -2.51. The monoisotopic (exact) mass is 182 g/mol. The van der Waals surface area contributed by atoms with Crippen molar-refractivity contribution >= 4 is 11.6 Å².